The molecule has 0 aliphatic carbocycles. The summed E-state index contributed by atoms with van der Waals surface area (Å²) in [5.74, 6) is 0.792. The van der Waals surface area contributed by atoms with Crippen LogP contribution >= 0.6 is 12.2 Å². The Hall–Kier alpha value is -1.20. The molecule has 0 spiro atoms. The van der Waals surface area contributed by atoms with E-state index < -0.39 is 0 Å². The number of nitrogens with one attached hydrogen (secondary N) is 1. The summed E-state index contributed by atoms with van der Waals surface area (Å²) in [6.45, 7) is 6.81. The van der Waals surface area contributed by atoms with Crippen molar-refractivity contribution in [1.29, 1.82) is 0 Å². The number of aromatic nitrogens is 1. The highest BCUT2D eigenvalue weighted by Crippen LogP contribution is 2.30. The zero-order valence-corrected chi connectivity index (χ0v) is 12.3. The molecule has 0 saturated carbocycles. The fourth-order valence-electron chi connectivity index (χ4n) is 2.34. The van der Waals surface area contributed by atoms with E-state index in [-0.39, 0.29) is 5.41 Å². The molecule has 4 nitrogen and oxygen atoms in total. The molecule has 1 aromatic rings. The topological polar surface area (TPSA) is 60.2 Å². The lowest BCUT2D eigenvalue weighted by Gasteiger charge is -2.34. The van der Waals surface area contributed by atoms with Gasteiger partial charge in [-0.1, -0.05) is 19.1 Å². The van der Waals surface area contributed by atoms with Crippen LogP contribution in [0.15, 0.2) is 12.3 Å². The summed E-state index contributed by atoms with van der Waals surface area (Å²) < 4.78 is 5.41. The summed E-state index contributed by atoms with van der Waals surface area (Å²) in [6, 6.07) is 1.93. The van der Waals surface area contributed by atoms with Gasteiger partial charge in [-0.2, -0.15) is 0 Å². The molecule has 0 radical (unpaired) electrons. The molecular weight excluding hydrogens is 258 g/mol. The third kappa shape index (κ3) is 3.42. The van der Waals surface area contributed by atoms with Crippen molar-refractivity contribution in [2.24, 2.45) is 11.1 Å². The van der Waals surface area contributed by atoms with Crippen LogP contribution in [-0.4, -0.2) is 29.7 Å². The molecule has 3 N–H and O–H groups in total. The first-order valence-corrected chi connectivity index (χ1v) is 7.00. The van der Waals surface area contributed by atoms with E-state index in [1.165, 1.54) is 0 Å². The average Bonchev–Trinajstić information content (AvgIpc) is 2.37. The molecule has 0 unspecified atom stereocenters. The maximum Gasteiger partial charge on any atom is 0.136 e. The predicted molar refractivity (Wildman–Crippen MR) is 81.5 cm³/mol. The third-order valence-electron chi connectivity index (χ3n) is 3.79. The zero-order chi connectivity index (χ0) is 13.9. The van der Waals surface area contributed by atoms with Gasteiger partial charge < -0.3 is 15.8 Å². The second-order valence-corrected chi connectivity index (χ2v) is 5.93. The van der Waals surface area contributed by atoms with E-state index in [9.17, 15) is 0 Å². The summed E-state index contributed by atoms with van der Waals surface area (Å²) in [6.07, 6.45) is 3.91. The third-order valence-corrected chi connectivity index (χ3v) is 3.99. The number of hydrogen-bond donors (Lipinski definition) is 2. The number of hydrogen-bond acceptors (Lipinski definition) is 4. The Morgan fingerprint density at radius 3 is 2.84 bits per heavy atom. The molecule has 1 aromatic heterocycles. The van der Waals surface area contributed by atoms with Crippen LogP contribution in [0.25, 0.3) is 0 Å². The van der Waals surface area contributed by atoms with Crippen molar-refractivity contribution in [3.63, 3.8) is 0 Å². The molecule has 0 atom stereocenters. The Morgan fingerprint density at radius 2 is 2.21 bits per heavy atom. The van der Waals surface area contributed by atoms with Gasteiger partial charge in [-0.25, -0.2) is 4.98 Å². The summed E-state index contributed by atoms with van der Waals surface area (Å²) in [5, 5.41) is 3.41. The number of aryl methyl sites for hydroxylation is 1. The van der Waals surface area contributed by atoms with Gasteiger partial charge in [-0.05, 0) is 36.8 Å². The Bertz CT molecular complexity index is 470. The van der Waals surface area contributed by atoms with Crippen molar-refractivity contribution >= 4 is 23.0 Å². The summed E-state index contributed by atoms with van der Waals surface area (Å²) >= 11 is 5.11. The number of anilines is 1. The van der Waals surface area contributed by atoms with Gasteiger partial charge in [-0.15, -0.1) is 0 Å². The molecule has 1 aliphatic heterocycles. The monoisotopic (exact) mass is 279 g/mol. The normalized spacial score (nSPS) is 18.0. The molecule has 5 heteroatoms. The first-order chi connectivity index (χ1) is 9.02. The number of rotatable bonds is 4. The van der Waals surface area contributed by atoms with Gasteiger partial charge in [0, 0.05) is 26.0 Å². The SMILES string of the molecule is Cc1ccnc(NCC2(C)CCOCC2)c1C(N)=S. The minimum atomic E-state index is 0.247. The van der Waals surface area contributed by atoms with Crippen molar-refractivity contribution < 1.29 is 4.74 Å². The largest absolute Gasteiger partial charge is 0.389 e. The number of nitrogens with two attached hydrogens (primary N) is 1. The zero-order valence-electron chi connectivity index (χ0n) is 11.5. The fourth-order valence-corrected chi connectivity index (χ4v) is 2.60. The molecule has 2 rings (SSSR count). The molecule has 0 aromatic carbocycles. The van der Waals surface area contributed by atoms with Gasteiger partial charge in [0.2, 0.25) is 0 Å². The summed E-state index contributed by atoms with van der Waals surface area (Å²) in [4.78, 5) is 4.76. The van der Waals surface area contributed by atoms with Gasteiger partial charge >= 0.3 is 0 Å². The lowest BCUT2D eigenvalue weighted by atomic mass is 9.82. The van der Waals surface area contributed by atoms with Gasteiger partial charge in [0.15, 0.2) is 0 Å². The smallest absolute Gasteiger partial charge is 0.136 e. The molecule has 1 fully saturated rings. The van der Waals surface area contributed by atoms with Gasteiger partial charge in [0.25, 0.3) is 0 Å². The highest BCUT2D eigenvalue weighted by atomic mass is 32.1. The van der Waals surface area contributed by atoms with Gasteiger partial charge in [-0.3, -0.25) is 0 Å². The lowest BCUT2D eigenvalue weighted by Crippen LogP contribution is -2.33. The van der Waals surface area contributed by atoms with Crippen LogP contribution in [0, 0.1) is 12.3 Å². The van der Waals surface area contributed by atoms with Crippen LogP contribution in [0.1, 0.15) is 30.9 Å². The number of thiocarbonyl (C=S) groups is 1. The Balaban J connectivity index is 2.11. The van der Waals surface area contributed by atoms with E-state index >= 15 is 0 Å². The van der Waals surface area contributed by atoms with Crippen LogP contribution in [0.4, 0.5) is 5.82 Å². The summed E-state index contributed by atoms with van der Waals surface area (Å²) in [7, 11) is 0. The van der Waals surface area contributed by atoms with Crippen molar-refractivity contribution in [2.45, 2.75) is 26.7 Å². The maximum absolute atomic E-state index is 5.79. The Labute approximate surface area is 119 Å². The second-order valence-electron chi connectivity index (χ2n) is 5.49. The lowest BCUT2D eigenvalue weighted by molar-refractivity contribution is 0.0300. The molecule has 19 heavy (non-hydrogen) atoms. The molecule has 0 amide bonds. The second kappa shape index (κ2) is 5.84. The van der Waals surface area contributed by atoms with Crippen molar-refractivity contribution in [2.75, 3.05) is 25.1 Å². The molecule has 1 aliphatic rings. The minimum absolute atomic E-state index is 0.247. The van der Waals surface area contributed by atoms with Crippen molar-refractivity contribution in [3.8, 4) is 0 Å². The number of nitrogens with zero attached hydrogens (tertiary/aromatic N) is 1. The quantitative estimate of drug-likeness (QED) is 0.828. The van der Waals surface area contributed by atoms with Gasteiger partial charge in [0.1, 0.15) is 10.8 Å². The molecular formula is C14H21N3OS. The summed E-state index contributed by atoms with van der Waals surface area (Å²) in [5.41, 5.74) is 7.95. The maximum atomic E-state index is 5.79. The van der Waals surface area contributed by atoms with Crippen molar-refractivity contribution in [3.05, 3.63) is 23.4 Å². The van der Waals surface area contributed by atoms with E-state index in [0.717, 1.165) is 49.5 Å². The highest BCUT2D eigenvalue weighted by Gasteiger charge is 2.27. The minimum Gasteiger partial charge on any atom is -0.389 e. The Morgan fingerprint density at radius 1 is 1.53 bits per heavy atom. The van der Waals surface area contributed by atoms with Gasteiger partial charge in [0.05, 0.1) is 5.56 Å². The molecule has 104 valence electrons. The van der Waals surface area contributed by atoms with Crippen LogP contribution in [0.3, 0.4) is 0 Å². The molecule has 2 heterocycles. The fraction of sp³-hybridized carbons (Fsp3) is 0.571. The average molecular weight is 279 g/mol. The predicted octanol–water partition coefficient (Wildman–Crippen LogP) is 2.25. The Kier molecular flexibility index (Phi) is 4.37. The van der Waals surface area contributed by atoms with Crippen LogP contribution in [-0.2, 0) is 4.74 Å². The first-order valence-electron chi connectivity index (χ1n) is 6.59. The molecule has 0 bridgehead atoms. The number of pyridine rings is 1. The van der Waals surface area contributed by atoms with E-state index in [2.05, 4.69) is 17.2 Å². The first kappa shape index (κ1) is 14.2. The van der Waals surface area contributed by atoms with E-state index in [1.54, 1.807) is 6.20 Å². The molecule has 1 saturated heterocycles. The standard InChI is InChI=1S/C14H21N3OS/c1-10-3-6-16-13(11(10)12(15)19)17-9-14(2)4-7-18-8-5-14/h3,6H,4-5,7-9H2,1-2H3,(H2,15,19)(H,16,17). The van der Waals surface area contributed by atoms with E-state index in [0.29, 0.717) is 4.99 Å². The van der Waals surface area contributed by atoms with Crippen molar-refractivity contribution in [1.82, 2.24) is 4.98 Å². The van der Waals surface area contributed by atoms with Crippen LogP contribution < -0.4 is 11.1 Å². The number of ether oxygens (including phenoxy) is 1. The van der Waals surface area contributed by atoms with Crippen LogP contribution in [0.5, 0.6) is 0 Å². The van der Waals surface area contributed by atoms with E-state index in [1.807, 2.05) is 13.0 Å². The highest BCUT2D eigenvalue weighted by molar-refractivity contribution is 7.80. The van der Waals surface area contributed by atoms with E-state index in [4.69, 9.17) is 22.7 Å². The van der Waals surface area contributed by atoms with Crippen LogP contribution in [0.2, 0.25) is 0 Å².